The molecule has 70 valence electrons. The van der Waals surface area contributed by atoms with E-state index in [9.17, 15) is 0 Å². The van der Waals surface area contributed by atoms with Gasteiger partial charge in [0, 0.05) is 12.1 Å². The number of hydrogen-bond acceptors (Lipinski definition) is 3. The Morgan fingerprint density at radius 2 is 2.15 bits per heavy atom. The lowest BCUT2D eigenvalue weighted by Crippen LogP contribution is -2.05. The number of anilines is 2. The third-order valence-electron chi connectivity index (χ3n) is 1.90. The van der Waals surface area contributed by atoms with Crippen molar-refractivity contribution in [2.75, 3.05) is 11.1 Å². The van der Waals surface area contributed by atoms with Crippen LogP contribution < -0.4 is 11.1 Å². The Bertz CT molecular complexity index is 313. The van der Waals surface area contributed by atoms with E-state index in [1.807, 2.05) is 0 Å². The highest BCUT2D eigenvalue weighted by Crippen LogP contribution is 2.33. The largest absolute Gasteiger partial charge is 0.397 e. The molecule has 3 nitrogen and oxygen atoms in total. The van der Waals surface area contributed by atoms with Crippen LogP contribution in [-0.4, -0.2) is 11.0 Å². The summed E-state index contributed by atoms with van der Waals surface area (Å²) in [4.78, 5) is 3.90. The van der Waals surface area contributed by atoms with Crippen molar-refractivity contribution in [2.45, 2.75) is 18.9 Å². The fourth-order valence-corrected chi connectivity index (χ4v) is 1.58. The second-order valence-corrected chi connectivity index (χ2v) is 3.86. The van der Waals surface area contributed by atoms with Crippen LogP contribution in [0.5, 0.6) is 0 Å². The van der Waals surface area contributed by atoms with E-state index in [0.717, 1.165) is 0 Å². The molecule has 0 radical (unpaired) electrons. The number of nitrogens with one attached hydrogen (secondary N) is 1. The maximum absolute atomic E-state index is 5.87. The Balaban J connectivity index is 2.31. The predicted molar refractivity (Wildman–Crippen MR) is 55.3 cm³/mol. The minimum atomic E-state index is 0.323. The van der Waals surface area contributed by atoms with E-state index in [-0.39, 0.29) is 0 Å². The quantitative estimate of drug-likeness (QED) is 0.750. The number of pyridine rings is 1. The highest BCUT2D eigenvalue weighted by atomic mass is 35.5. The lowest BCUT2D eigenvalue weighted by atomic mass is 10.3. The molecule has 1 aliphatic rings. The van der Waals surface area contributed by atoms with E-state index in [1.165, 1.54) is 12.8 Å². The Labute approximate surface area is 86.2 Å². The fourth-order valence-electron chi connectivity index (χ4n) is 1.08. The Hall–Kier alpha value is -0.670. The van der Waals surface area contributed by atoms with Crippen LogP contribution in [0.15, 0.2) is 6.07 Å². The van der Waals surface area contributed by atoms with E-state index in [0.29, 0.717) is 27.7 Å². The maximum Gasteiger partial charge on any atom is 0.156 e. The fraction of sp³-hybridized carbons (Fsp3) is 0.375. The average Bonchev–Trinajstić information content (AvgIpc) is 2.79. The Morgan fingerprint density at radius 1 is 1.46 bits per heavy atom. The molecule has 1 heterocycles. The number of rotatable bonds is 2. The van der Waals surface area contributed by atoms with Crippen LogP contribution in [-0.2, 0) is 0 Å². The monoisotopic (exact) mass is 217 g/mol. The van der Waals surface area contributed by atoms with Gasteiger partial charge in [-0.05, 0) is 12.8 Å². The molecule has 0 spiro atoms. The number of nitrogens with two attached hydrogens (primary N) is 1. The van der Waals surface area contributed by atoms with Gasteiger partial charge in [0.15, 0.2) is 5.15 Å². The number of aromatic nitrogens is 1. The lowest BCUT2D eigenvalue weighted by Gasteiger charge is -2.09. The first-order chi connectivity index (χ1) is 6.16. The van der Waals surface area contributed by atoms with E-state index >= 15 is 0 Å². The third kappa shape index (κ3) is 1.98. The first kappa shape index (κ1) is 8.91. The summed E-state index contributed by atoms with van der Waals surface area (Å²) < 4.78 is 0. The normalized spacial score (nSPS) is 15.8. The molecule has 1 aliphatic carbocycles. The van der Waals surface area contributed by atoms with Crippen LogP contribution >= 0.6 is 23.2 Å². The molecule has 0 amide bonds. The number of hydrogen-bond donors (Lipinski definition) is 2. The minimum absolute atomic E-state index is 0.323. The first-order valence-electron chi connectivity index (χ1n) is 4.05. The van der Waals surface area contributed by atoms with Crippen LogP contribution in [0, 0.1) is 0 Å². The second-order valence-electron chi connectivity index (χ2n) is 3.12. The molecule has 13 heavy (non-hydrogen) atoms. The van der Waals surface area contributed by atoms with Gasteiger partial charge in [-0.25, -0.2) is 4.98 Å². The van der Waals surface area contributed by atoms with Crippen molar-refractivity contribution in [3.63, 3.8) is 0 Å². The van der Waals surface area contributed by atoms with Gasteiger partial charge in [0.05, 0.1) is 11.4 Å². The summed E-state index contributed by atoms with van der Waals surface area (Å²) in [6.45, 7) is 0. The molecule has 1 aromatic heterocycles. The molecular formula is C8H9Cl2N3. The van der Waals surface area contributed by atoms with Crippen molar-refractivity contribution in [3.05, 3.63) is 16.4 Å². The van der Waals surface area contributed by atoms with Gasteiger partial charge in [-0.15, -0.1) is 0 Å². The van der Waals surface area contributed by atoms with Crippen LogP contribution in [0.1, 0.15) is 12.8 Å². The molecule has 0 atom stereocenters. The van der Waals surface area contributed by atoms with Gasteiger partial charge in [0.25, 0.3) is 0 Å². The average molecular weight is 218 g/mol. The van der Waals surface area contributed by atoms with Gasteiger partial charge in [0.2, 0.25) is 0 Å². The molecule has 1 aromatic rings. The van der Waals surface area contributed by atoms with Crippen molar-refractivity contribution in [1.82, 2.24) is 4.98 Å². The molecule has 0 aliphatic heterocycles. The van der Waals surface area contributed by atoms with E-state index in [2.05, 4.69) is 10.3 Å². The van der Waals surface area contributed by atoms with Crippen LogP contribution in [0.4, 0.5) is 11.4 Å². The molecule has 0 unspecified atom stereocenters. The molecule has 3 N–H and O–H groups in total. The Morgan fingerprint density at radius 3 is 2.69 bits per heavy atom. The second kappa shape index (κ2) is 3.24. The zero-order chi connectivity index (χ0) is 9.42. The van der Waals surface area contributed by atoms with E-state index in [1.54, 1.807) is 6.07 Å². The van der Waals surface area contributed by atoms with Gasteiger partial charge in [0.1, 0.15) is 5.15 Å². The van der Waals surface area contributed by atoms with Gasteiger partial charge in [-0.2, -0.15) is 0 Å². The smallest absolute Gasteiger partial charge is 0.156 e. The molecular weight excluding hydrogens is 209 g/mol. The summed E-state index contributed by atoms with van der Waals surface area (Å²) in [6, 6.07) is 2.10. The topological polar surface area (TPSA) is 50.9 Å². The first-order valence-corrected chi connectivity index (χ1v) is 4.80. The lowest BCUT2D eigenvalue weighted by molar-refractivity contribution is 1.14. The molecule has 2 rings (SSSR count). The van der Waals surface area contributed by atoms with Gasteiger partial charge < -0.3 is 11.1 Å². The summed E-state index contributed by atoms with van der Waals surface area (Å²) in [5.41, 5.74) is 6.98. The van der Waals surface area contributed by atoms with Crippen LogP contribution in [0.25, 0.3) is 0 Å². The van der Waals surface area contributed by atoms with Gasteiger partial charge in [-0.3, -0.25) is 0 Å². The molecule has 0 saturated heterocycles. The third-order valence-corrected chi connectivity index (χ3v) is 2.37. The zero-order valence-electron chi connectivity index (χ0n) is 6.85. The molecule has 0 aromatic carbocycles. The standard InChI is InChI=1S/C8H9Cl2N3/c9-6-3-5(11)7(8(10)13-6)12-4-1-2-4/h3-4,12H,1-2H2,(H2,11,13). The predicted octanol–water partition coefficient (Wildman–Crippen LogP) is 2.54. The van der Waals surface area contributed by atoms with E-state index < -0.39 is 0 Å². The number of halogens is 2. The van der Waals surface area contributed by atoms with Crippen molar-refractivity contribution in [1.29, 1.82) is 0 Å². The van der Waals surface area contributed by atoms with Crippen LogP contribution in [0.2, 0.25) is 10.3 Å². The highest BCUT2D eigenvalue weighted by molar-refractivity contribution is 6.35. The summed E-state index contributed by atoms with van der Waals surface area (Å²) in [5, 5.41) is 3.87. The maximum atomic E-state index is 5.87. The summed E-state index contributed by atoms with van der Waals surface area (Å²) in [6.07, 6.45) is 2.33. The number of nitrogens with zero attached hydrogens (tertiary/aromatic N) is 1. The summed E-state index contributed by atoms with van der Waals surface area (Å²) in [5.74, 6) is 0. The van der Waals surface area contributed by atoms with Gasteiger partial charge in [-0.1, -0.05) is 23.2 Å². The summed E-state index contributed by atoms with van der Waals surface area (Å²) in [7, 11) is 0. The van der Waals surface area contributed by atoms with E-state index in [4.69, 9.17) is 28.9 Å². The van der Waals surface area contributed by atoms with Crippen molar-refractivity contribution < 1.29 is 0 Å². The van der Waals surface area contributed by atoms with Crippen molar-refractivity contribution in [2.24, 2.45) is 0 Å². The molecule has 1 fully saturated rings. The zero-order valence-corrected chi connectivity index (χ0v) is 8.36. The van der Waals surface area contributed by atoms with Crippen molar-refractivity contribution in [3.8, 4) is 0 Å². The van der Waals surface area contributed by atoms with Crippen LogP contribution in [0.3, 0.4) is 0 Å². The highest BCUT2D eigenvalue weighted by Gasteiger charge is 2.23. The summed E-state index contributed by atoms with van der Waals surface area (Å²) >= 11 is 11.5. The number of nitrogen functional groups attached to an aromatic ring is 1. The van der Waals surface area contributed by atoms with Crippen molar-refractivity contribution >= 4 is 34.6 Å². The molecule has 1 saturated carbocycles. The SMILES string of the molecule is Nc1cc(Cl)nc(Cl)c1NC1CC1. The molecule has 0 bridgehead atoms. The molecule has 5 heteroatoms. The Kier molecular flexibility index (Phi) is 2.22. The minimum Gasteiger partial charge on any atom is -0.397 e. The van der Waals surface area contributed by atoms with Gasteiger partial charge >= 0.3 is 0 Å².